The molecule has 0 bridgehead atoms. The van der Waals surface area contributed by atoms with Crippen LogP contribution in [0.15, 0.2) is 36.4 Å². The van der Waals surface area contributed by atoms with Gasteiger partial charge in [0.15, 0.2) is 0 Å². The maximum Gasteiger partial charge on any atom is 0.116 e. The minimum atomic E-state index is 0. The van der Waals surface area contributed by atoms with Crippen LogP contribution in [0.5, 0.6) is 11.5 Å². The summed E-state index contributed by atoms with van der Waals surface area (Å²) in [5, 5.41) is 18.0. The van der Waals surface area contributed by atoms with Gasteiger partial charge in [0.25, 0.3) is 0 Å². The van der Waals surface area contributed by atoms with Crippen LogP contribution in [0.3, 0.4) is 0 Å². The molecule has 0 radical (unpaired) electrons. The van der Waals surface area contributed by atoms with E-state index in [1.807, 2.05) is 39.8 Å². The first-order valence-corrected chi connectivity index (χ1v) is 5.91. The van der Waals surface area contributed by atoms with Gasteiger partial charge in [-0.3, -0.25) is 0 Å². The summed E-state index contributed by atoms with van der Waals surface area (Å²) in [4.78, 5) is 0. The van der Waals surface area contributed by atoms with Crippen LogP contribution in [0, 0.1) is 27.7 Å². The standard InChI is InChI=1S/2C8H10O.Zr/c2*1-6-3-7(2)5-8(9)4-6;/h2*3-5,9H,1-2H3;. The molecule has 0 heterocycles. The van der Waals surface area contributed by atoms with Gasteiger partial charge in [-0.05, 0) is 74.2 Å². The maximum absolute atomic E-state index is 8.99. The first-order valence-electron chi connectivity index (χ1n) is 5.91. The predicted molar refractivity (Wildman–Crippen MR) is 75.2 cm³/mol. The summed E-state index contributed by atoms with van der Waals surface area (Å²) in [6.45, 7) is 7.86. The normalized spacial score (nSPS) is 9.05. The summed E-state index contributed by atoms with van der Waals surface area (Å²) in [6, 6.07) is 11.0. The topological polar surface area (TPSA) is 40.5 Å². The molecule has 0 aromatic heterocycles. The Morgan fingerprint density at radius 3 is 0.895 bits per heavy atom. The van der Waals surface area contributed by atoms with Crippen molar-refractivity contribution >= 4 is 0 Å². The van der Waals surface area contributed by atoms with Gasteiger partial charge in [0, 0.05) is 26.2 Å². The van der Waals surface area contributed by atoms with Crippen LogP contribution in [-0.4, -0.2) is 10.2 Å². The van der Waals surface area contributed by atoms with Crippen molar-refractivity contribution in [3.63, 3.8) is 0 Å². The van der Waals surface area contributed by atoms with Crippen molar-refractivity contribution in [2.24, 2.45) is 0 Å². The molecule has 3 heteroatoms. The van der Waals surface area contributed by atoms with Crippen LogP contribution in [0.1, 0.15) is 22.3 Å². The summed E-state index contributed by atoms with van der Waals surface area (Å²) in [5.41, 5.74) is 4.42. The fraction of sp³-hybridized carbons (Fsp3) is 0.250. The second-order valence-electron chi connectivity index (χ2n) is 4.69. The average Bonchev–Trinajstić information content (AvgIpc) is 2.12. The van der Waals surface area contributed by atoms with E-state index in [0.717, 1.165) is 22.3 Å². The summed E-state index contributed by atoms with van der Waals surface area (Å²) in [7, 11) is 0. The zero-order valence-electron chi connectivity index (χ0n) is 11.9. The fourth-order valence-electron chi connectivity index (χ4n) is 1.90. The van der Waals surface area contributed by atoms with E-state index in [1.165, 1.54) is 0 Å². The van der Waals surface area contributed by atoms with Crippen LogP contribution in [0.25, 0.3) is 0 Å². The van der Waals surface area contributed by atoms with E-state index in [-0.39, 0.29) is 26.2 Å². The maximum atomic E-state index is 8.99. The van der Waals surface area contributed by atoms with Crippen molar-refractivity contribution < 1.29 is 36.4 Å². The minimum Gasteiger partial charge on any atom is -0.508 e. The van der Waals surface area contributed by atoms with Gasteiger partial charge in [-0.2, -0.15) is 0 Å². The summed E-state index contributed by atoms with van der Waals surface area (Å²) in [6.07, 6.45) is 0. The fourth-order valence-corrected chi connectivity index (χ4v) is 1.90. The molecule has 2 aromatic carbocycles. The molecule has 0 fully saturated rings. The van der Waals surface area contributed by atoms with Crippen molar-refractivity contribution in [1.82, 2.24) is 0 Å². The van der Waals surface area contributed by atoms with Crippen LogP contribution in [0.2, 0.25) is 0 Å². The van der Waals surface area contributed by atoms with Crippen molar-refractivity contribution in [3.8, 4) is 11.5 Å². The Morgan fingerprint density at radius 1 is 0.526 bits per heavy atom. The molecule has 19 heavy (non-hydrogen) atoms. The summed E-state index contributed by atoms with van der Waals surface area (Å²) < 4.78 is 0. The van der Waals surface area contributed by atoms with Gasteiger partial charge in [0.1, 0.15) is 11.5 Å². The second kappa shape index (κ2) is 8.17. The zero-order valence-corrected chi connectivity index (χ0v) is 14.3. The SMILES string of the molecule is Cc1cc(C)cc(O)c1.Cc1cc(C)cc(O)c1.[Zr]. The molecule has 0 aliphatic heterocycles. The van der Waals surface area contributed by atoms with Crippen LogP contribution in [-0.2, 0) is 26.2 Å². The third kappa shape index (κ3) is 7.17. The van der Waals surface area contributed by atoms with Gasteiger partial charge in [0.05, 0.1) is 0 Å². The number of phenols is 2. The third-order valence-corrected chi connectivity index (χ3v) is 2.41. The Bertz CT molecular complexity index is 386. The van der Waals surface area contributed by atoms with Crippen molar-refractivity contribution in [3.05, 3.63) is 58.7 Å². The molecule has 0 aliphatic rings. The van der Waals surface area contributed by atoms with Crippen LogP contribution < -0.4 is 0 Å². The van der Waals surface area contributed by atoms with Gasteiger partial charge in [-0.1, -0.05) is 12.1 Å². The number of aryl methyl sites for hydroxylation is 4. The van der Waals surface area contributed by atoms with E-state index in [0.29, 0.717) is 11.5 Å². The Kier molecular flexibility index (Phi) is 7.70. The molecule has 2 N–H and O–H groups in total. The molecular weight excluding hydrogens is 315 g/mol. The van der Waals surface area contributed by atoms with Crippen LogP contribution in [0.4, 0.5) is 0 Å². The quantitative estimate of drug-likeness (QED) is 0.763. The van der Waals surface area contributed by atoms with Gasteiger partial charge >= 0.3 is 0 Å². The van der Waals surface area contributed by atoms with Gasteiger partial charge in [-0.25, -0.2) is 0 Å². The number of hydrogen-bond donors (Lipinski definition) is 2. The molecule has 0 saturated heterocycles. The molecule has 0 spiro atoms. The monoisotopic (exact) mass is 334 g/mol. The van der Waals surface area contributed by atoms with Crippen molar-refractivity contribution in [1.29, 1.82) is 0 Å². The zero-order chi connectivity index (χ0) is 13.7. The summed E-state index contributed by atoms with van der Waals surface area (Å²) >= 11 is 0. The minimum absolute atomic E-state index is 0. The Morgan fingerprint density at radius 2 is 0.737 bits per heavy atom. The number of rotatable bonds is 0. The Hall–Kier alpha value is -1.08. The molecule has 0 unspecified atom stereocenters. The molecule has 0 saturated carbocycles. The smallest absolute Gasteiger partial charge is 0.116 e. The van der Waals surface area contributed by atoms with Crippen molar-refractivity contribution in [2.45, 2.75) is 27.7 Å². The van der Waals surface area contributed by atoms with Gasteiger partial charge in [0.2, 0.25) is 0 Å². The number of benzene rings is 2. The van der Waals surface area contributed by atoms with Crippen molar-refractivity contribution in [2.75, 3.05) is 0 Å². The Balaban J connectivity index is 0.000000324. The van der Waals surface area contributed by atoms with Gasteiger partial charge in [-0.15, -0.1) is 0 Å². The van der Waals surface area contributed by atoms with Gasteiger partial charge < -0.3 is 10.2 Å². The van der Waals surface area contributed by atoms with E-state index >= 15 is 0 Å². The molecular formula is C16H20O2Zr. The van der Waals surface area contributed by atoms with E-state index in [9.17, 15) is 0 Å². The average molecular weight is 336 g/mol. The number of aromatic hydroxyl groups is 2. The summed E-state index contributed by atoms with van der Waals surface area (Å²) in [5.74, 6) is 0.708. The molecule has 0 atom stereocenters. The molecule has 2 nitrogen and oxygen atoms in total. The first kappa shape index (κ1) is 17.9. The predicted octanol–water partition coefficient (Wildman–Crippen LogP) is 4.02. The van der Waals surface area contributed by atoms with E-state index in [2.05, 4.69) is 0 Å². The Labute approximate surface area is 134 Å². The number of hydrogen-bond acceptors (Lipinski definition) is 2. The van der Waals surface area contributed by atoms with Crippen LogP contribution >= 0.6 is 0 Å². The molecule has 100 valence electrons. The second-order valence-corrected chi connectivity index (χ2v) is 4.69. The van der Waals surface area contributed by atoms with E-state index in [4.69, 9.17) is 10.2 Å². The van der Waals surface area contributed by atoms with E-state index < -0.39 is 0 Å². The number of phenolic OH excluding ortho intramolecular Hbond substituents is 2. The third-order valence-electron chi connectivity index (χ3n) is 2.41. The molecule has 0 amide bonds. The largest absolute Gasteiger partial charge is 0.508 e. The molecule has 2 aromatic rings. The van der Waals surface area contributed by atoms with E-state index in [1.54, 1.807) is 24.3 Å². The molecule has 2 rings (SSSR count). The first-order chi connectivity index (χ1) is 8.36. The molecule has 0 aliphatic carbocycles.